The molecule has 0 unspecified atom stereocenters. The van der Waals surface area contributed by atoms with Gasteiger partial charge in [0.2, 0.25) is 5.09 Å². The number of thioether (sulfide) groups is 1. The molecule has 0 aliphatic rings. The van der Waals surface area contributed by atoms with Gasteiger partial charge in [0, 0.05) is 18.9 Å². The van der Waals surface area contributed by atoms with Gasteiger partial charge < -0.3 is 14.8 Å². The van der Waals surface area contributed by atoms with E-state index in [1.165, 1.54) is 6.07 Å². The van der Waals surface area contributed by atoms with Gasteiger partial charge in [-0.05, 0) is 37.3 Å². The number of hydrogen-bond acceptors (Lipinski definition) is 6. The maximum atomic E-state index is 12.0. The smallest absolute Gasteiger partial charge is 0.273 e. The molecule has 3 N–H and O–H groups in total. The normalized spacial score (nSPS) is 11.9. The minimum atomic E-state index is -3.57. The quantitative estimate of drug-likeness (QED) is 0.496. The summed E-state index contributed by atoms with van der Waals surface area (Å²) in [7, 11) is -3.57. The lowest BCUT2D eigenvalue weighted by Gasteiger charge is -2.04. The Morgan fingerprint density at radius 3 is 2.81 bits per heavy atom. The molecule has 1 heterocycles. The zero-order valence-electron chi connectivity index (χ0n) is 12.3. The molecule has 0 fully saturated rings. The van der Waals surface area contributed by atoms with E-state index in [0.29, 0.717) is 24.6 Å². The number of sulfonamides is 1. The third kappa shape index (κ3) is 7.32. The van der Waals surface area contributed by atoms with Crippen molar-refractivity contribution in [3.8, 4) is 0 Å². The average Bonchev–Trinajstić information content (AvgIpc) is 2.93. The Hall–Kier alpha value is -0.540. The fourth-order valence-electron chi connectivity index (χ4n) is 1.57. The first kappa shape index (κ1) is 18.5. The highest BCUT2D eigenvalue weighted by molar-refractivity contribution is 7.99. The highest BCUT2D eigenvalue weighted by atomic mass is 32.2. The second-order valence-corrected chi connectivity index (χ2v) is 7.41. The van der Waals surface area contributed by atoms with Crippen molar-refractivity contribution in [1.29, 1.82) is 0 Å². The summed E-state index contributed by atoms with van der Waals surface area (Å²) < 4.78 is 31.8. The van der Waals surface area contributed by atoms with Gasteiger partial charge in [0.25, 0.3) is 10.0 Å². The van der Waals surface area contributed by atoms with Crippen LogP contribution in [0.1, 0.15) is 25.5 Å². The van der Waals surface area contributed by atoms with E-state index in [0.717, 1.165) is 25.1 Å². The molecule has 0 bridgehead atoms. The fourth-order valence-corrected chi connectivity index (χ4v) is 3.46. The van der Waals surface area contributed by atoms with Gasteiger partial charge in [-0.3, -0.25) is 0 Å². The zero-order valence-corrected chi connectivity index (χ0v) is 13.9. The summed E-state index contributed by atoms with van der Waals surface area (Å²) in [6, 6.07) is 3.15. The largest absolute Gasteiger partial charge is 0.447 e. The first-order valence-corrected chi connectivity index (χ1v) is 9.71. The molecular weight excluding hydrogens is 312 g/mol. The third-order valence-corrected chi connectivity index (χ3v) is 5.02. The van der Waals surface area contributed by atoms with E-state index in [-0.39, 0.29) is 11.7 Å². The van der Waals surface area contributed by atoms with Crippen LogP contribution in [0, 0.1) is 0 Å². The molecule has 21 heavy (non-hydrogen) atoms. The Balaban J connectivity index is 2.36. The monoisotopic (exact) mass is 336 g/mol. The molecule has 1 aromatic heterocycles. The van der Waals surface area contributed by atoms with Crippen molar-refractivity contribution in [3.63, 3.8) is 0 Å². The van der Waals surface area contributed by atoms with E-state index < -0.39 is 10.0 Å². The summed E-state index contributed by atoms with van der Waals surface area (Å²) in [5, 5.41) is 11.7. The van der Waals surface area contributed by atoms with Crippen molar-refractivity contribution in [2.75, 3.05) is 31.2 Å². The molecule has 1 rings (SSSR count). The topological polar surface area (TPSA) is 91.6 Å². The Labute approximate surface area is 130 Å². The lowest BCUT2D eigenvalue weighted by atomic mass is 10.4. The molecule has 0 amide bonds. The summed E-state index contributed by atoms with van der Waals surface area (Å²) in [6.07, 6.45) is 1.74. The lowest BCUT2D eigenvalue weighted by Crippen LogP contribution is -2.25. The summed E-state index contributed by atoms with van der Waals surface area (Å²) in [5.74, 6) is 2.11. The number of aliphatic hydroxyl groups is 1. The number of hydrogen-bond donors (Lipinski definition) is 3. The second kappa shape index (κ2) is 10.2. The summed E-state index contributed by atoms with van der Waals surface area (Å²) in [4.78, 5) is 0. The molecule has 0 aromatic carbocycles. The number of aliphatic hydroxyl groups excluding tert-OH is 1. The van der Waals surface area contributed by atoms with E-state index in [2.05, 4.69) is 17.0 Å². The van der Waals surface area contributed by atoms with Gasteiger partial charge in [-0.2, -0.15) is 11.8 Å². The van der Waals surface area contributed by atoms with Crippen molar-refractivity contribution >= 4 is 21.8 Å². The van der Waals surface area contributed by atoms with Crippen LogP contribution in [-0.2, 0) is 16.6 Å². The zero-order chi connectivity index (χ0) is 15.6. The van der Waals surface area contributed by atoms with Crippen molar-refractivity contribution in [1.82, 2.24) is 10.0 Å². The SMILES string of the molecule is CCCNCc1ccc(S(=O)(=O)NCCSCCCO)o1. The number of nitrogens with one attached hydrogen (secondary N) is 2. The van der Waals surface area contributed by atoms with E-state index in [4.69, 9.17) is 9.52 Å². The molecule has 0 aliphatic carbocycles. The first-order chi connectivity index (χ1) is 10.1. The molecule has 122 valence electrons. The van der Waals surface area contributed by atoms with Gasteiger partial charge >= 0.3 is 0 Å². The van der Waals surface area contributed by atoms with Crippen LogP contribution in [0.15, 0.2) is 21.6 Å². The van der Waals surface area contributed by atoms with E-state index >= 15 is 0 Å². The molecule has 8 heteroatoms. The summed E-state index contributed by atoms with van der Waals surface area (Å²) in [6.45, 7) is 3.97. The van der Waals surface area contributed by atoms with Crippen LogP contribution in [0.25, 0.3) is 0 Å². The highest BCUT2D eigenvalue weighted by Gasteiger charge is 2.17. The predicted molar refractivity (Wildman–Crippen MR) is 84.9 cm³/mol. The predicted octanol–water partition coefficient (Wildman–Crippen LogP) is 1.17. The first-order valence-electron chi connectivity index (χ1n) is 7.08. The van der Waals surface area contributed by atoms with Crippen molar-refractivity contribution < 1.29 is 17.9 Å². The second-order valence-electron chi connectivity index (χ2n) is 4.48. The average molecular weight is 336 g/mol. The van der Waals surface area contributed by atoms with Crippen LogP contribution >= 0.6 is 11.8 Å². The van der Waals surface area contributed by atoms with E-state index in [1.807, 2.05) is 0 Å². The molecule has 0 aliphatic heterocycles. The van der Waals surface area contributed by atoms with Gasteiger partial charge in [-0.1, -0.05) is 6.92 Å². The molecule has 0 radical (unpaired) electrons. The molecule has 0 saturated heterocycles. The van der Waals surface area contributed by atoms with Gasteiger partial charge in [-0.25, -0.2) is 13.1 Å². The van der Waals surface area contributed by atoms with Crippen LogP contribution in [0.2, 0.25) is 0 Å². The highest BCUT2D eigenvalue weighted by Crippen LogP contribution is 2.13. The van der Waals surface area contributed by atoms with E-state index in [1.54, 1.807) is 17.8 Å². The molecule has 6 nitrogen and oxygen atoms in total. The van der Waals surface area contributed by atoms with Crippen molar-refractivity contribution in [3.05, 3.63) is 17.9 Å². The summed E-state index contributed by atoms with van der Waals surface area (Å²) in [5.41, 5.74) is 0. The van der Waals surface area contributed by atoms with Gasteiger partial charge in [0.1, 0.15) is 5.76 Å². The number of furan rings is 1. The molecule has 1 aromatic rings. The maximum Gasteiger partial charge on any atom is 0.273 e. The Morgan fingerprint density at radius 2 is 2.10 bits per heavy atom. The Morgan fingerprint density at radius 1 is 1.29 bits per heavy atom. The molecule has 0 spiro atoms. The number of rotatable bonds is 12. The van der Waals surface area contributed by atoms with Crippen LogP contribution in [0.5, 0.6) is 0 Å². The Bertz CT molecular complexity index is 488. The van der Waals surface area contributed by atoms with Gasteiger partial charge in [0.15, 0.2) is 0 Å². The fraction of sp³-hybridized carbons (Fsp3) is 0.692. The standard InChI is InChI=1S/C13H24N2O4S2/c1-2-6-14-11-12-4-5-13(19-12)21(17,18)15-7-10-20-9-3-8-16/h4-5,14-16H,2-3,6-11H2,1H3. The van der Waals surface area contributed by atoms with E-state index in [9.17, 15) is 8.42 Å². The van der Waals surface area contributed by atoms with Crippen molar-refractivity contribution in [2.45, 2.75) is 31.4 Å². The molecule has 0 saturated carbocycles. The van der Waals surface area contributed by atoms with Crippen LogP contribution in [-0.4, -0.2) is 44.7 Å². The Kier molecular flexibility index (Phi) is 9.02. The summed E-state index contributed by atoms with van der Waals surface area (Å²) >= 11 is 1.60. The maximum absolute atomic E-state index is 12.0. The van der Waals surface area contributed by atoms with Crippen LogP contribution < -0.4 is 10.0 Å². The van der Waals surface area contributed by atoms with Gasteiger partial charge in [0.05, 0.1) is 6.54 Å². The molecule has 0 atom stereocenters. The minimum Gasteiger partial charge on any atom is -0.447 e. The van der Waals surface area contributed by atoms with Crippen molar-refractivity contribution in [2.24, 2.45) is 0 Å². The minimum absolute atomic E-state index is 0.0452. The van der Waals surface area contributed by atoms with Crippen LogP contribution in [0.4, 0.5) is 0 Å². The lowest BCUT2D eigenvalue weighted by molar-refractivity contribution is 0.296. The van der Waals surface area contributed by atoms with Gasteiger partial charge in [-0.15, -0.1) is 0 Å². The third-order valence-electron chi connectivity index (χ3n) is 2.61. The molecular formula is C13H24N2O4S2. The van der Waals surface area contributed by atoms with Crippen LogP contribution in [0.3, 0.4) is 0 Å².